The first-order valence-corrected chi connectivity index (χ1v) is 8.05. The highest BCUT2D eigenvalue weighted by molar-refractivity contribution is 7.92. The van der Waals surface area contributed by atoms with Crippen molar-refractivity contribution in [3.05, 3.63) is 41.7 Å². The lowest BCUT2D eigenvalue weighted by Crippen LogP contribution is -2.13. The van der Waals surface area contributed by atoms with Crippen molar-refractivity contribution in [1.82, 2.24) is 10.2 Å². The van der Waals surface area contributed by atoms with Crippen LogP contribution in [0.25, 0.3) is 0 Å². The van der Waals surface area contributed by atoms with Crippen LogP contribution in [0.5, 0.6) is 0 Å². The predicted octanol–water partition coefficient (Wildman–Crippen LogP) is 3.03. The molecule has 0 aliphatic heterocycles. The fourth-order valence-electron chi connectivity index (χ4n) is 1.94. The second-order valence-corrected chi connectivity index (χ2v) is 6.55. The average molecular weight is 293 g/mol. The molecule has 1 heterocycles. The number of anilines is 1. The highest BCUT2D eigenvalue weighted by Crippen LogP contribution is 2.22. The van der Waals surface area contributed by atoms with Gasteiger partial charge in [0, 0.05) is 5.69 Å². The molecule has 0 amide bonds. The minimum absolute atomic E-state index is 0.170. The molecule has 2 aromatic rings. The third-order valence-corrected chi connectivity index (χ3v) is 4.91. The summed E-state index contributed by atoms with van der Waals surface area (Å²) in [5.74, 6) is 0.469. The van der Waals surface area contributed by atoms with Crippen LogP contribution < -0.4 is 4.72 Å². The van der Waals surface area contributed by atoms with Crippen molar-refractivity contribution in [1.29, 1.82) is 0 Å². The number of benzene rings is 1. The zero-order valence-corrected chi connectivity index (χ0v) is 12.7. The highest BCUT2D eigenvalue weighted by atomic mass is 32.2. The summed E-state index contributed by atoms with van der Waals surface area (Å²) in [7, 11) is -3.58. The molecule has 2 N–H and O–H groups in total. The van der Waals surface area contributed by atoms with E-state index in [-0.39, 0.29) is 4.90 Å². The van der Waals surface area contributed by atoms with Gasteiger partial charge < -0.3 is 0 Å². The minimum atomic E-state index is -3.58. The molecule has 1 aromatic carbocycles. The first-order valence-electron chi connectivity index (χ1n) is 6.56. The summed E-state index contributed by atoms with van der Waals surface area (Å²) in [4.78, 5) is 0.170. The Morgan fingerprint density at radius 1 is 1.30 bits per heavy atom. The predicted molar refractivity (Wildman–Crippen MR) is 79.3 cm³/mol. The molecule has 0 fully saturated rings. The van der Waals surface area contributed by atoms with Crippen LogP contribution >= 0.6 is 0 Å². The van der Waals surface area contributed by atoms with Crippen molar-refractivity contribution in [3.63, 3.8) is 0 Å². The largest absolute Gasteiger partial charge is 0.281 e. The van der Waals surface area contributed by atoms with Crippen LogP contribution in [0.3, 0.4) is 0 Å². The van der Waals surface area contributed by atoms with Gasteiger partial charge in [-0.2, -0.15) is 5.10 Å². The Balaban J connectivity index is 2.20. The molecule has 6 heteroatoms. The Morgan fingerprint density at radius 2 is 1.95 bits per heavy atom. The summed E-state index contributed by atoms with van der Waals surface area (Å²) in [5.41, 5.74) is 2.28. The number of H-pyrrole nitrogens is 1. The van der Waals surface area contributed by atoms with E-state index in [0.717, 1.165) is 6.42 Å². The van der Waals surface area contributed by atoms with Gasteiger partial charge in [-0.05, 0) is 37.0 Å². The number of aromatic nitrogens is 2. The normalized spacial score (nSPS) is 13.2. The molecule has 0 radical (unpaired) electrons. The van der Waals surface area contributed by atoms with Crippen molar-refractivity contribution < 1.29 is 8.42 Å². The SMILES string of the molecule is CCC(C)c1ccc(NS(=O)(=O)c2cn[nH]c2C)cc1. The smallest absolute Gasteiger partial charge is 0.265 e. The van der Waals surface area contributed by atoms with E-state index < -0.39 is 10.0 Å². The number of nitrogens with one attached hydrogen (secondary N) is 2. The molecule has 20 heavy (non-hydrogen) atoms. The van der Waals surface area contributed by atoms with E-state index in [1.54, 1.807) is 19.1 Å². The zero-order chi connectivity index (χ0) is 14.8. The quantitative estimate of drug-likeness (QED) is 0.889. The third-order valence-electron chi connectivity index (χ3n) is 3.42. The van der Waals surface area contributed by atoms with Crippen LogP contribution in [0, 0.1) is 6.92 Å². The summed E-state index contributed by atoms with van der Waals surface area (Å²) in [6, 6.07) is 7.48. The third kappa shape index (κ3) is 3.01. The van der Waals surface area contributed by atoms with E-state index >= 15 is 0 Å². The molecule has 1 unspecified atom stereocenters. The Labute approximate surface area is 119 Å². The average Bonchev–Trinajstić information content (AvgIpc) is 2.85. The molecule has 0 aliphatic rings. The topological polar surface area (TPSA) is 74.8 Å². The zero-order valence-electron chi connectivity index (χ0n) is 11.8. The van der Waals surface area contributed by atoms with Crippen molar-refractivity contribution in [2.24, 2.45) is 0 Å². The molecular weight excluding hydrogens is 274 g/mol. The molecular formula is C14H19N3O2S. The van der Waals surface area contributed by atoms with E-state index in [1.807, 2.05) is 12.1 Å². The lowest BCUT2D eigenvalue weighted by atomic mass is 9.99. The maximum Gasteiger partial charge on any atom is 0.265 e. The number of hydrogen-bond acceptors (Lipinski definition) is 3. The molecule has 0 saturated carbocycles. The Hall–Kier alpha value is -1.82. The number of aryl methyl sites for hydroxylation is 1. The number of hydrogen-bond donors (Lipinski definition) is 2. The van der Waals surface area contributed by atoms with Crippen LogP contribution in [0.4, 0.5) is 5.69 Å². The molecule has 1 aromatic heterocycles. The lowest BCUT2D eigenvalue weighted by Gasteiger charge is -2.11. The minimum Gasteiger partial charge on any atom is -0.281 e. The molecule has 0 saturated heterocycles. The van der Waals surface area contributed by atoms with E-state index in [4.69, 9.17) is 0 Å². The second-order valence-electron chi connectivity index (χ2n) is 4.90. The van der Waals surface area contributed by atoms with Gasteiger partial charge in [-0.15, -0.1) is 0 Å². The molecule has 0 bridgehead atoms. The van der Waals surface area contributed by atoms with Gasteiger partial charge >= 0.3 is 0 Å². The number of sulfonamides is 1. The Bertz CT molecular complexity index is 675. The van der Waals surface area contributed by atoms with Crippen LogP contribution in [-0.4, -0.2) is 18.6 Å². The first kappa shape index (κ1) is 14.6. The van der Waals surface area contributed by atoms with E-state index in [1.165, 1.54) is 11.8 Å². The van der Waals surface area contributed by atoms with Gasteiger partial charge in [-0.25, -0.2) is 8.42 Å². The molecule has 108 valence electrons. The van der Waals surface area contributed by atoms with Gasteiger partial charge in [0.1, 0.15) is 4.90 Å². The molecule has 5 nitrogen and oxygen atoms in total. The summed E-state index contributed by atoms with van der Waals surface area (Å²) in [6.45, 7) is 5.95. The molecule has 0 spiro atoms. The standard InChI is InChI=1S/C14H19N3O2S/c1-4-10(2)12-5-7-13(8-6-12)17-20(18,19)14-9-15-16-11(14)3/h5-10,17H,4H2,1-3H3,(H,15,16). The van der Waals surface area contributed by atoms with Crippen LogP contribution in [-0.2, 0) is 10.0 Å². The fourth-order valence-corrected chi connectivity index (χ4v) is 3.13. The van der Waals surface area contributed by atoms with Gasteiger partial charge in [0.2, 0.25) is 0 Å². The van der Waals surface area contributed by atoms with Crippen LogP contribution in [0.2, 0.25) is 0 Å². The maximum atomic E-state index is 12.2. The number of nitrogens with zero attached hydrogens (tertiary/aromatic N) is 1. The second kappa shape index (κ2) is 5.66. The Morgan fingerprint density at radius 3 is 2.45 bits per heavy atom. The van der Waals surface area contributed by atoms with Crippen molar-refractivity contribution in [2.75, 3.05) is 4.72 Å². The number of rotatable bonds is 5. The van der Waals surface area contributed by atoms with E-state index in [2.05, 4.69) is 28.8 Å². The van der Waals surface area contributed by atoms with Crippen molar-refractivity contribution in [2.45, 2.75) is 38.0 Å². The molecule has 1 atom stereocenters. The number of aromatic amines is 1. The van der Waals surface area contributed by atoms with Crippen LogP contribution in [0.1, 0.15) is 37.4 Å². The maximum absolute atomic E-state index is 12.2. The molecule has 0 aliphatic carbocycles. The summed E-state index contributed by atoms with van der Waals surface area (Å²) < 4.78 is 26.9. The molecule has 2 rings (SSSR count). The Kier molecular flexibility index (Phi) is 4.13. The lowest BCUT2D eigenvalue weighted by molar-refractivity contribution is 0.600. The fraction of sp³-hybridized carbons (Fsp3) is 0.357. The first-order chi connectivity index (χ1) is 9.44. The highest BCUT2D eigenvalue weighted by Gasteiger charge is 2.18. The summed E-state index contributed by atoms with van der Waals surface area (Å²) in [5, 5.41) is 6.36. The summed E-state index contributed by atoms with van der Waals surface area (Å²) in [6.07, 6.45) is 2.37. The van der Waals surface area contributed by atoms with Crippen molar-refractivity contribution in [3.8, 4) is 0 Å². The van der Waals surface area contributed by atoms with Gasteiger partial charge in [-0.3, -0.25) is 9.82 Å². The van der Waals surface area contributed by atoms with Gasteiger partial charge in [0.25, 0.3) is 10.0 Å². The van der Waals surface area contributed by atoms with Gasteiger partial charge in [0.05, 0.1) is 11.9 Å². The van der Waals surface area contributed by atoms with Crippen molar-refractivity contribution >= 4 is 15.7 Å². The van der Waals surface area contributed by atoms with Gasteiger partial charge in [-0.1, -0.05) is 26.0 Å². The van der Waals surface area contributed by atoms with E-state index in [9.17, 15) is 8.42 Å². The van der Waals surface area contributed by atoms with Crippen LogP contribution in [0.15, 0.2) is 35.4 Å². The van der Waals surface area contributed by atoms with E-state index in [0.29, 0.717) is 17.3 Å². The van der Waals surface area contributed by atoms with Gasteiger partial charge in [0.15, 0.2) is 0 Å². The summed E-state index contributed by atoms with van der Waals surface area (Å²) >= 11 is 0. The monoisotopic (exact) mass is 293 g/mol.